The Labute approximate surface area is 127 Å². The minimum absolute atomic E-state index is 0.120. The van der Waals surface area contributed by atoms with Crippen LogP contribution in [0.15, 0.2) is 48.5 Å². The molecule has 0 heterocycles. The zero-order chi connectivity index (χ0) is 15.2. The number of ether oxygens (including phenoxy) is 1. The highest BCUT2D eigenvalue weighted by molar-refractivity contribution is 6.30. The van der Waals surface area contributed by atoms with Crippen molar-refractivity contribution in [1.82, 2.24) is 4.90 Å². The molecule has 0 radical (unpaired) electrons. The standard InChI is InChI=1S/C16H15ClFNO2/c1-19(10-12-5-2-3-8-15(12)18)16(20)11-21-14-7-4-6-13(17)9-14/h2-9H,10-11H2,1H3. The zero-order valence-corrected chi connectivity index (χ0v) is 12.3. The maximum Gasteiger partial charge on any atom is 0.260 e. The summed E-state index contributed by atoms with van der Waals surface area (Å²) in [5.41, 5.74) is 0.469. The van der Waals surface area contributed by atoms with E-state index in [1.807, 2.05) is 0 Å². The molecule has 0 aliphatic rings. The fourth-order valence-electron chi connectivity index (χ4n) is 1.78. The fraction of sp³-hybridized carbons (Fsp3) is 0.188. The molecule has 0 unspecified atom stereocenters. The number of halogens is 2. The van der Waals surface area contributed by atoms with Gasteiger partial charge in [-0.15, -0.1) is 0 Å². The van der Waals surface area contributed by atoms with Gasteiger partial charge in [-0.3, -0.25) is 4.79 Å². The molecule has 0 bridgehead atoms. The molecule has 21 heavy (non-hydrogen) atoms. The predicted molar refractivity (Wildman–Crippen MR) is 79.8 cm³/mol. The first-order chi connectivity index (χ1) is 10.1. The van der Waals surface area contributed by atoms with Crippen LogP contribution in [0.2, 0.25) is 5.02 Å². The van der Waals surface area contributed by atoms with Crippen LogP contribution in [0, 0.1) is 5.82 Å². The Morgan fingerprint density at radius 3 is 2.71 bits per heavy atom. The molecule has 0 aromatic heterocycles. The van der Waals surface area contributed by atoms with Crippen molar-refractivity contribution in [2.24, 2.45) is 0 Å². The van der Waals surface area contributed by atoms with Crippen LogP contribution in [0.5, 0.6) is 5.75 Å². The van der Waals surface area contributed by atoms with Crippen LogP contribution in [0.4, 0.5) is 4.39 Å². The van der Waals surface area contributed by atoms with Gasteiger partial charge in [0.15, 0.2) is 6.61 Å². The van der Waals surface area contributed by atoms with Gasteiger partial charge in [-0.2, -0.15) is 0 Å². The minimum Gasteiger partial charge on any atom is -0.484 e. The molecular formula is C16H15ClFNO2. The molecule has 2 aromatic rings. The molecule has 1 amide bonds. The van der Waals surface area contributed by atoms with Crippen molar-refractivity contribution in [3.05, 3.63) is 64.9 Å². The number of hydrogen-bond donors (Lipinski definition) is 0. The van der Waals surface area contributed by atoms with Crippen molar-refractivity contribution in [3.8, 4) is 5.75 Å². The van der Waals surface area contributed by atoms with Gasteiger partial charge < -0.3 is 9.64 Å². The highest BCUT2D eigenvalue weighted by Crippen LogP contribution is 2.17. The van der Waals surface area contributed by atoms with Crippen LogP contribution in [-0.4, -0.2) is 24.5 Å². The Morgan fingerprint density at radius 2 is 2.00 bits per heavy atom. The van der Waals surface area contributed by atoms with Gasteiger partial charge in [0.05, 0.1) is 0 Å². The topological polar surface area (TPSA) is 29.5 Å². The number of nitrogens with zero attached hydrogens (tertiary/aromatic N) is 1. The summed E-state index contributed by atoms with van der Waals surface area (Å²) in [6.45, 7) is 0.0791. The molecule has 5 heteroatoms. The monoisotopic (exact) mass is 307 g/mol. The third-order valence-corrected chi connectivity index (χ3v) is 3.18. The van der Waals surface area contributed by atoms with E-state index < -0.39 is 0 Å². The highest BCUT2D eigenvalue weighted by atomic mass is 35.5. The van der Waals surface area contributed by atoms with E-state index in [0.29, 0.717) is 16.3 Å². The van der Waals surface area contributed by atoms with E-state index >= 15 is 0 Å². The van der Waals surface area contributed by atoms with Crippen molar-refractivity contribution < 1.29 is 13.9 Å². The number of amides is 1. The van der Waals surface area contributed by atoms with E-state index in [1.165, 1.54) is 11.0 Å². The average Bonchev–Trinajstić information content (AvgIpc) is 2.47. The average molecular weight is 308 g/mol. The molecule has 2 aromatic carbocycles. The summed E-state index contributed by atoms with van der Waals surface area (Å²) in [6, 6.07) is 13.2. The van der Waals surface area contributed by atoms with E-state index in [1.54, 1.807) is 49.5 Å². The lowest BCUT2D eigenvalue weighted by molar-refractivity contribution is -0.132. The van der Waals surface area contributed by atoms with Crippen molar-refractivity contribution >= 4 is 17.5 Å². The quantitative estimate of drug-likeness (QED) is 0.846. The number of benzene rings is 2. The normalized spacial score (nSPS) is 10.2. The SMILES string of the molecule is CN(Cc1ccccc1F)C(=O)COc1cccc(Cl)c1. The third-order valence-electron chi connectivity index (χ3n) is 2.95. The second kappa shape index (κ2) is 7.09. The zero-order valence-electron chi connectivity index (χ0n) is 11.6. The van der Waals surface area contributed by atoms with Crippen LogP contribution < -0.4 is 4.74 Å². The van der Waals surface area contributed by atoms with Crippen LogP contribution in [0.1, 0.15) is 5.56 Å². The number of hydrogen-bond acceptors (Lipinski definition) is 2. The molecule has 3 nitrogen and oxygen atoms in total. The molecule has 0 aliphatic heterocycles. The number of rotatable bonds is 5. The summed E-state index contributed by atoms with van der Waals surface area (Å²) >= 11 is 5.83. The van der Waals surface area contributed by atoms with Gasteiger partial charge in [-0.1, -0.05) is 35.9 Å². The predicted octanol–water partition coefficient (Wildman–Crippen LogP) is 3.52. The van der Waals surface area contributed by atoms with Gasteiger partial charge in [0.2, 0.25) is 0 Å². The molecule has 0 fully saturated rings. The molecule has 0 N–H and O–H groups in total. The first-order valence-electron chi connectivity index (χ1n) is 6.42. The van der Waals surface area contributed by atoms with Crippen molar-refractivity contribution in [2.45, 2.75) is 6.54 Å². The summed E-state index contributed by atoms with van der Waals surface area (Å²) in [4.78, 5) is 13.4. The van der Waals surface area contributed by atoms with E-state index in [4.69, 9.17) is 16.3 Å². The smallest absolute Gasteiger partial charge is 0.260 e. The number of carbonyl (C=O) groups excluding carboxylic acids is 1. The fourth-order valence-corrected chi connectivity index (χ4v) is 1.96. The third kappa shape index (κ3) is 4.46. The van der Waals surface area contributed by atoms with Gasteiger partial charge in [0, 0.05) is 24.2 Å². The molecule has 0 aliphatic carbocycles. The summed E-state index contributed by atoms with van der Waals surface area (Å²) in [7, 11) is 1.61. The number of carbonyl (C=O) groups is 1. The molecule has 0 atom stereocenters. The summed E-state index contributed by atoms with van der Waals surface area (Å²) in [5.74, 6) is -0.0405. The maximum absolute atomic E-state index is 13.5. The lowest BCUT2D eigenvalue weighted by Crippen LogP contribution is -2.31. The summed E-state index contributed by atoms with van der Waals surface area (Å²) < 4.78 is 18.9. The molecule has 0 saturated heterocycles. The van der Waals surface area contributed by atoms with Crippen LogP contribution in [0.3, 0.4) is 0 Å². The molecule has 2 rings (SSSR count). The second-order valence-electron chi connectivity index (χ2n) is 4.59. The maximum atomic E-state index is 13.5. The number of likely N-dealkylation sites (N-methyl/N-ethyl adjacent to an activating group) is 1. The Balaban J connectivity index is 1.90. The van der Waals surface area contributed by atoms with Gasteiger partial charge in [-0.05, 0) is 24.3 Å². The lowest BCUT2D eigenvalue weighted by Gasteiger charge is -2.18. The summed E-state index contributed by atoms with van der Waals surface area (Å²) in [5, 5.41) is 0.541. The highest BCUT2D eigenvalue weighted by Gasteiger charge is 2.12. The Bertz CT molecular complexity index is 633. The second-order valence-corrected chi connectivity index (χ2v) is 5.02. The van der Waals surface area contributed by atoms with E-state index in [0.717, 1.165) is 0 Å². The van der Waals surface area contributed by atoms with Gasteiger partial charge in [-0.25, -0.2) is 4.39 Å². The first-order valence-corrected chi connectivity index (χ1v) is 6.80. The van der Waals surface area contributed by atoms with Crippen LogP contribution in [0.25, 0.3) is 0 Å². The van der Waals surface area contributed by atoms with E-state index in [9.17, 15) is 9.18 Å². The van der Waals surface area contributed by atoms with Gasteiger partial charge in [0.1, 0.15) is 11.6 Å². The Hall–Kier alpha value is -2.07. The van der Waals surface area contributed by atoms with Crippen molar-refractivity contribution in [1.29, 1.82) is 0 Å². The minimum atomic E-state index is -0.326. The van der Waals surface area contributed by atoms with Crippen molar-refractivity contribution in [2.75, 3.05) is 13.7 Å². The largest absolute Gasteiger partial charge is 0.484 e. The molecular weight excluding hydrogens is 293 g/mol. The van der Waals surface area contributed by atoms with Crippen LogP contribution in [-0.2, 0) is 11.3 Å². The van der Waals surface area contributed by atoms with Crippen molar-refractivity contribution in [3.63, 3.8) is 0 Å². The lowest BCUT2D eigenvalue weighted by atomic mass is 10.2. The van der Waals surface area contributed by atoms with E-state index in [2.05, 4.69) is 0 Å². The Morgan fingerprint density at radius 1 is 1.24 bits per heavy atom. The van der Waals surface area contributed by atoms with Gasteiger partial charge in [0.25, 0.3) is 5.91 Å². The summed E-state index contributed by atoms with van der Waals surface area (Å²) in [6.07, 6.45) is 0. The van der Waals surface area contributed by atoms with E-state index in [-0.39, 0.29) is 24.9 Å². The molecule has 0 spiro atoms. The molecule has 110 valence electrons. The molecule has 0 saturated carbocycles. The Kier molecular flexibility index (Phi) is 5.17. The van der Waals surface area contributed by atoms with Gasteiger partial charge >= 0.3 is 0 Å². The van der Waals surface area contributed by atoms with Crippen LogP contribution >= 0.6 is 11.6 Å². The first kappa shape index (κ1) is 15.3.